The summed E-state index contributed by atoms with van der Waals surface area (Å²) in [5, 5.41) is 2.71. The molecule has 2 heterocycles. The highest BCUT2D eigenvalue weighted by molar-refractivity contribution is 6.01. The maximum atomic E-state index is 13.0. The molecular formula is C26H24F3N3O2. The summed E-state index contributed by atoms with van der Waals surface area (Å²) in [5.41, 5.74) is 2.90. The Morgan fingerprint density at radius 1 is 0.941 bits per heavy atom. The summed E-state index contributed by atoms with van der Waals surface area (Å²) >= 11 is 0. The van der Waals surface area contributed by atoms with Crippen LogP contribution in [0.4, 0.5) is 13.2 Å². The highest BCUT2D eigenvalue weighted by Crippen LogP contribution is 2.27. The number of likely N-dealkylation sites (tertiary alicyclic amines) is 1. The van der Waals surface area contributed by atoms with E-state index in [1.165, 1.54) is 6.07 Å². The highest BCUT2D eigenvalue weighted by Gasteiger charge is 2.32. The molecule has 8 heteroatoms. The van der Waals surface area contributed by atoms with Crippen LogP contribution in [-0.4, -0.2) is 34.8 Å². The molecule has 5 nitrogen and oxygen atoms in total. The SMILES string of the molecule is Cc1ccc(-c2cc(C(=O)NCc3ccc(C(F)(F)F)nc3)cc(C(=O)N3CCCC3)c2)cc1. The van der Waals surface area contributed by atoms with Crippen molar-refractivity contribution in [2.24, 2.45) is 0 Å². The predicted octanol–water partition coefficient (Wildman–Crippen LogP) is 5.24. The van der Waals surface area contributed by atoms with Crippen molar-refractivity contribution in [3.05, 3.63) is 88.7 Å². The second-order valence-electron chi connectivity index (χ2n) is 8.40. The molecule has 1 aromatic heterocycles. The number of aromatic nitrogens is 1. The minimum absolute atomic E-state index is 0.00807. The van der Waals surface area contributed by atoms with Crippen LogP contribution in [0.1, 0.15) is 50.4 Å². The molecule has 0 unspecified atom stereocenters. The maximum absolute atomic E-state index is 13.0. The van der Waals surface area contributed by atoms with Gasteiger partial charge in [-0.2, -0.15) is 13.2 Å². The monoisotopic (exact) mass is 467 g/mol. The van der Waals surface area contributed by atoms with Crippen molar-refractivity contribution in [2.45, 2.75) is 32.5 Å². The molecule has 2 aromatic carbocycles. The first-order valence-electron chi connectivity index (χ1n) is 11.0. The summed E-state index contributed by atoms with van der Waals surface area (Å²) in [6.07, 6.45) is -1.51. The van der Waals surface area contributed by atoms with Crippen molar-refractivity contribution in [1.29, 1.82) is 0 Å². The largest absolute Gasteiger partial charge is 0.433 e. The fourth-order valence-electron chi connectivity index (χ4n) is 3.88. The van der Waals surface area contributed by atoms with Gasteiger partial charge in [-0.25, -0.2) is 0 Å². The van der Waals surface area contributed by atoms with Crippen molar-refractivity contribution >= 4 is 11.8 Å². The van der Waals surface area contributed by atoms with E-state index in [2.05, 4.69) is 10.3 Å². The lowest BCUT2D eigenvalue weighted by molar-refractivity contribution is -0.141. The Morgan fingerprint density at radius 3 is 2.24 bits per heavy atom. The van der Waals surface area contributed by atoms with Gasteiger partial charge in [0.15, 0.2) is 0 Å². The van der Waals surface area contributed by atoms with E-state index in [1.807, 2.05) is 31.2 Å². The lowest BCUT2D eigenvalue weighted by Crippen LogP contribution is -2.28. The van der Waals surface area contributed by atoms with Crippen LogP contribution in [0, 0.1) is 6.92 Å². The summed E-state index contributed by atoms with van der Waals surface area (Å²) in [7, 11) is 0. The van der Waals surface area contributed by atoms with Crippen molar-refractivity contribution in [3.63, 3.8) is 0 Å². The average molecular weight is 467 g/mol. The van der Waals surface area contributed by atoms with E-state index >= 15 is 0 Å². The van der Waals surface area contributed by atoms with Gasteiger partial charge < -0.3 is 10.2 Å². The lowest BCUT2D eigenvalue weighted by Gasteiger charge is -2.17. The third-order valence-corrected chi connectivity index (χ3v) is 5.79. The Balaban J connectivity index is 1.58. The summed E-state index contributed by atoms with van der Waals surface area (Å²) < 4.78 is 38.1. The number of hydrogen-bond acceptors (Lipinski definition) is 3. The van der Waals surface area contributed by atoms with E-state index in [9.17, 15) is 22.8 Å². The van der Waals surface area contributed by atoms with Crippen LogP contribution in [0.2, 0.25) is 0 Å². The van der Waals surface area contributed by atoms with Crippen molar-refractivity contribution < 1.29 is 22.8 Å². The second-order valence-corrected chi connectivity index (χ2v) is 8.40. The smallest absolute Gasteiger partial charge is 0.348 e. The number of carbonyl (C=O) groups is 2. The second kappa shape index (κ2) is 9.67. The van der Waals surface area contributed by atoms with E-state index < -0.39 is 17.8 Å². The van der Waals surface area contributed by atoms with Crippen molar-refractivity contribution in [2.75, 3.05) is 13.1 Å². The number of nitrogens with zero attached hydrogens (tertiary/aromatic N) is 2. The Bertz CT molecular complexity index is 1180. The van der Waals surface area contributed by atoms with Crippen LogP contribution in [0.3, 0.4) is 0 Å². The van der Waals surface area contributed by atoms with Gasteiger partial charge in [0, 0.05) is 37.0 Å². The lowest BCUT2D eigenvalue weighted by atomic mass is 9.98. The molecule has 1 fully saturated rings. The molecule has 2 amide bonds. The van der Waals surface area contributed by atoms with Crippen molar-refractivity contribution in [3.8, 4) is 11.1 Å². The van der Waals surface area contributed by atoms with Crippen LogP contribution in [-0.2, 0) is 12.7 Å². The highest BCUT2D eigenvalue weighted by atomic mass is 19.4. The van der Waals surface area contributed by atoms with E-state index in [4.69, 9.17) is 0 Å². The fourth-order valence-corrected chi connectivity index (χ4v) is 3.88. The number of hydrogen-bond donors (Lipinski definition) is 1. The molecule has 3 aromatic rings. The Hall–Kier alpha value is -3.68. The van der Waals surface area contributed by atoms with E-state index in [1.54, 1.807) is 23.1 Å². The molecule has 1 saturated heterocycles. The van der Waals surface area contributed by atoms with E-state index in [0.29, 0.717) is 29.8 Å². The average Bonchev–Trinajstić information content (AvgIpc) is 3.37. The fraction of sp³-hybridized carbons (Fsp3) is 0.269. The quantitative estimate of drug-likeness (QED) is 0.558. The zero-order chi connectivity index (χ0) is 24.3. The van der Waals surface area contributed by atoms with Crippen molar-refractivity contribution in [1.82, 2.24) is 15.2 Å². The summed E-state index contributed by atoms with van der Waals surface area (Å²) in [6, 6.07) is 15.0. The Kier molecular flexibility index (Phi) is 6.68. The van der Waals surface area contributed by atoms with Crippen LogP contribution in [0.15, 0.2) is 60.8 Å². The third-order valence-electron chi connectivity index (χ3n) is 5.79. The van der Waals surface area contributed by atoms with Gasteiger partial charge in [0.1, 0.15) is 5.69 Å². The molecule has 0 radical (unpaired) electrons. The van der Waals surface area contributed by atoms with Gasteiger partial charge in [-0.1, -0.05) is 35.9 Å². The van der Waals surface area contributed by atoms with Crippen LogP contribution in [0.5, 0.6) is 0 Å². The van der Waals surface area contributed by atoms with Gasteiger partial charge >= 0.3 is 6.18 Å². The van der Waals surface area contributed by atoms with Gasteiger partial charge in [0.05, 0.1) is 0 Å². The Morgan fingerprint density at radius 2 is 1.62 bits per heavy atom. The van der Waals surface area contributed by atoms with Gasteiger partial charge in [0.2, 0.25) is 0 Å². The predicted molar refractivity (Wildman–Crippen MR) is 122 cm³/mol. The number of carbonyl (C=O) groups excluding carboxylic acids is 2. The maximum Gasteiger partial charge on any atom is 0.433 e. The molecule has 176 valence electrons. The molecule has 0 atom stereocenters. The molecule has 0 spiro atoms. The molecule has 0 saturated carbocycles. The van der Waals surface area contributed by atoms with Gasteiger partial charge in [-0.15, -0.1) is 0 Å². The number of rotatable bonds is 5. The zero-order valence-electron chi connectivity index (χ0n) is 18.7. The minimum atomic E-state index is -4.52. The summed E-state index contributed by atoms with van der Waals surface area (Å²) in [5.74, 6) is -0.545. The van der Waals surface area contributed by atoms with Gasteiger partial charge in [0.25, 0.3) is 11.8 Å². The Labute approximate surface area is 195 Å². The standard InChI is InChI=1S/C26H24F3N3O2/c1-17-4-7-19(8-5-17)20-12-21(14-22(13-20)25(34)32-10-2-3-11-32)24(33)31-16-18-6-9-23(30-15-18)26(27,28)29/h4-9,12-15H,2-3,10-11,16H2,1H3,(H,31,33). The molecule has 0 aliphatic carbocycles. The van der Waals surface area contributed by atoms with Crippen LogP contribution in [0.25, 0.3) is 11.1 Å². The molecule has 1 aliphatic heterocycles. The normalized spacial score (nSPS) is 13.7. The number of pyridine rings is 1. The number of halogens is 3. The first-order chi connectivity index (χ1) is 16.2. The number of amides is 2. The number of nitrogens with one attached hydrogen (secondary N) is 1. The molecule has 1 aliphatic rings. The molecule has 4 rings (SSSR count). The number of benzene rings is 2. The van der Waals surface area contributed by atoms with Gasteiger partial charge in [-0.05, 0) is 60.7 Å². The van der Waals surface area contributed by atoms with E-state index in [-0.39, 0.29) is 12.5 Å². The molecule has 34 heavy (non-hydrogen) atoms. The third kappa shape index (κ3) is 5.44. The molecule has 1 N–H and O–H groups in total. The number of alkyl halides is 3. The first-order valence-corrected chi connectivity index (χ1v) is 11.0. The summed E-state index contributed by atoms with van der Waals surface area (Å²) in [6.45, 7) is 3.37. The first kappa shape index (κ1) is 23.5. The molecular weight excluding hydrogens is 443 g/mol. The van der Waals surface area contributed by atoms with Gasteiger partial charge in [-0.3, -0.25) is 14.6 Å². The molecule has 0 bridgehead atoms. The minimum Gasteiger partial charge on any atom is -0.348 e. The van der Waals surface area contributed by atoms with E-state index in [0.717, 1.165) is 41.8 Å². The number of aryl methyl sites for hydroxylation is 1. The van der Waals surface area contributed by atoms with Crippen LogP contribution < -0.4 is 5.32 Å². The zero-order valence-corrected chi connectivity index (χ0v) is 18.7. The summed E-state index contributed by atoms with van der Waals surface area (Å²) in [4.78, 5) is 31.2. The topological polar surface area (TPSA) is 62.3 Å². The van der Waals surface area contributed by atoms with Crippen LogP contribution >= 0.6 is 0 Å².